The fraction of sp³-hybridized carbons (Fsp3) is 0.433. The molecule has 0 amide bonds. The summed E-state index contributed by atoms with van der Waals surface area (Å²) in [5.74, 6) is 1.80. The molecule has 2 atom stereocenters. The van der Waals surface area contributed by atoms with Gasteiger partial charge in [-0.15, -0.1) is 0 Å². The quantitative estimate of drug-likeness (QED) is 0.239. The van der Waals surface area contributed by atoms with Gasteiger partial charge in [-0.25, -0.2) is 15.0 Å². The summed E-state index contributed by atoms with van der Waals surface area (Å²) in [5.41, 5.74) is 10.5. The summed E-state index contributed by atoms with van der Waals surface area (Å²) in [6.07, 6.45) is 6.05. The number of likely N-dealkylation sites (tertiary alicyclic amines) is 1. The van der Waals surface area contributed by atoms with Gasteiger partial charge in [-0.05, 0) is 62.4 Å². The van der Waals surface area contributed by atoms with Crippen molar-refractivity contribution in [3.8, 4) is 16.9 Å². The minimum absolute atomic E-state index is 0.0163. The first-order chi connectivity index (χ1) is 19.7. The SMILES string of the molecule is Nc1ncnc2c1nc(NCc1ccc(-c3ccccc3)c(OCCCN3CCCC3)c1)n2[C@H]1CC[C@@H](CO)O1. The molecular formula is C30H37N7O3. The Kier molecular flexibility index (Phi) is 8.08. The maximum Gasteiger partial charge on any atom is 0.207 e. The first-order valence-corrected chi connectivity index (χ1v) is 14.2. The van der Waals surface area contributed by atoms with Crippen molar-refractivity contribution in [2.45, 2.75) is 51.0 Å². The molecule has 0 aliphatic carbocycles. The van der Waals surface area contributed by atoms with E-state index in [1.807, 2.05) is 22.8 Å². The summed E-state index contributed by atoms with van der Waals surface area (Å²) >= 11 is 0. The van der Waals surface area contributed by atoms with Crippen LogP contribution in [0.3, 0.4) is 0 Å². The van der Waals surface area contributed by atoms with Crippen LogP contribution in [0, 0.1) is 0 Å². The smallest absolute Gasteiger partial charge is 0.207 e. The van der Waals surface area contributed by atoms with Crippen LogP contribution in [-0.4, -0.2) is 68.5 Å². The fourth-order valence-electron chi connectivity index (χ4n) is 5.64. The number of nitrogen functional groups attached to an aromatic ring is 1. The second kappa shape index (κ2) is 12.2. The largest absolute Gasteiger partial charge is 0.493 e. The number of benzene rings is 2. The van der Waals surface area contributed by atoms with Crippen molar-refractivity contribution in [1.82, 2.24) is 24.4 Å². The summed E-state index contributed by atoms with van der Waals surface area (Å²) in [6.45, 7) is 4.65. The van der Waals surface area contributed by atoms with Crippen molar-refractivity contribution in [1.29, 1.82) is 0 Å². The van der Waals surface area contributed by atoms with Crippen LogP contribution < -0.4 is 15.8 Å². The van der Waals surface area contributed by atoms with Gasteiger partial charge >= 0.3 is 0 Å². The van der Waals surface area contributed by atoms with Gasteiger partial charge in [0.25, 0.3) is 0 Å². The molecule has 210 valence electrons. The van der Waals surface area contributed by atoms with Crippen molar-refractivity contribution in [3.05, 3.63) is 60.4 Å². The van der Waals surface area contributed by atoms with E-state index >= 15 is 0 Å². The number of imidazole rings is 1. The molecular weight excluding hydrogens is 506 g/mol. The van der Waals surface area contributed by atoms with Crippen LogP contribution in [0.5, 0.6) is 5.75 Å². The molecule has 4 aromatic rings. The van der Waals surface area contributed by atoms with E-state index in [1.165, 1.54) is 32.3 Å². The molecule has 2 aromatic heterocycles. The highest BCUT2D eigenvalue weighted by Crippen LogP contribution is 2.35. The number of nitrogens with one attached hydrogen (secondary N) is 1. The van der Waals surface area contributed by atoms with Crippen molar-refractivity contribution >= 4 is 22.9 Å². The van der Waals surface area contributed by atoms with E-state index in [1.54, 1.807) is 0 Å². The summed E-state index contributed by atoms with van der Waals surface area (Å²) in [4.78, 5) is 15.8. The Morgan fingerprint density at radius 1 is 1.07 bits per heavy atom. The maximum atomic E-state index is 9.60. The summed E-state index contributed by atoms with van der Waals surface area (Å²) in [6, 6.07) is 16.7. The monoisotopic (exact) mass is 543 g/mol. The third-order valence-corrected chi connectivity index (χ3v) is 7.74. The molecule has 4 heterocycles. The zero-order valence-electron chi connectivity index (χ0n) is 22.7. The molecule has 2 aliphatic rings. The molecule has 2 saturated heterocycles. The predicted molar refractivity (Wildman–Crippen MR) is 155 cm³/mol. The van der Waals surface area contributed by atoms with Crippen molar-refractivity contribution in [3.63, 3.8) is 0 Å². The van der Waals surface area contributed by atoms with Gasteiger partial charge in [-0.1, -0.05) is 42.5 Å². The van der Waals surface area contributed by atoms with E-state index in [2.05, 4.69) is 50.5 Å². The second-order valence-electron chi connectivity index (χ2n) is 10.5. The Morgan fingerprint density at radius 3 is 2.73 bits per heavy atom. The Morgan fingerprint density at radius 2 is 1.93 bits per heavy atom. The molecule has 2 aromatic carbocycles. The van der Waals surface area contributed by atoms with Gasteiger partial charge in [0, 0.05) is 18.7 Å². The normalized spacial score (nSPS) is 19.4. The number of aromatic nitrogens is 4. The first kappa shape index (κ1) is 26.5. The number of rotatable bonds is 11. The molecule has 2 fully saturated rings. The molecule has 0 unspecified atom stereocenters. The van der Waals surface area contributed by atoms with Crippen molar-refractivity contribution < 1.29 is 14.6 Å². The van der Waals surface area contributed by atoms with E-state index in [-0.39, 0.29) is 18.9 Å². The minimum Gasteiger partial charge on any atom is -0.493 e. The van der Waals surface area contributed by atoms with E-state index < -0.39 is 0 Å². The number of nitrogens with zero attached hydrogens (tertiary/aromatic N) is 5. The molecule has 10 heteroatoms. The van der Waals surface area contributed by atoms with E-state index in [9.17, 15) is 5.11 Å². The highest BCUT2D eigenvalue weighted by Gasteiger charge is 2.30. The Labute approximate surface area is 234 Å². The number of hydrogen-bond acceptors (Lipinski definition) is 9. The highest BCUT2D eigenvalue weighted by molar-refractivity contribution is 5.84. The lowest BCUT2D eigenvalue weighted by atomic mass is 10.0. The molecule has 40 heavy (non-hydrogen) atoms. The van der Waals surface area contributed by atoms with Crippen LogP contribution in [0.15, 0.2) is 54.9 Å². The van der Waals surface area contributed by atoms with Crippen LogP contribution in [0.4, 0.5) is 11.8 Å². The fourth-order valence-corrected chi connectivity index (χ4v) is 5.64. The van der Waals surface area contributed by atoms with Gasteiger partial charge in [-0.3, -0.25) is 4.57 Å². The third-order valence-electron chi connectivity index (χ3n) is 7.74. The molecule has 0 bridgehead atoms. The summed E-state index contributed by atoms with van der Waals surface area (Å²) in [5, 5.41) is 13.1. The molecule has 4 N–H and O–H groups in total. The molecule has 0 radical (unpaired) electrons. The van der Waals surface area contributed by atoms with E-state index in [0.29, 0.717) is 36.1 Å². The van der Waals surface area contributed by atoms with Crippen molar-refractivity contribution in [2.24, 2.45) is 0 Å². The minimum atomic E-state index is -0.297. The lowest BCUT2D eigenvalue weighted by Crippen LogP contribution is -2.22. The molecule has 0 saturated carbocycles. The zero-order chi connectivity index (χ0) is 27.3. The lowest BCUT2D eigenvalue weighted by molar-refractivity contribution is -0.0197. The van der Waals surface area contributed by atoms with Gasteiger partial charge in [-0.2, -0.15) is 0 Å². The standard InChI is InChI=1S/C30H37N7O3/c31-28-27-29(34-20-33-28)37(26-12-10-23(19-38)40-26)30(35-27)32-18-21-9-11-24(22-7-2-1-3-8-22)25(17-21)39-16-6-15-36-13-4-5-14-36/h1-3,7-9,11,17,20,23,26,38H,4-6,10,12-16,18-19H2,(H,32,35)(H2,31,33,34)/t23-,26+/m0/s1. The number of nitrogens with two attached hydrogens (primary N) is 1. The average Bonchev–Trinajstić information content (AvgIpc) is 3.75. The first-order valence-electron chi connectivity index (χ1n) is 14.2. The Bertz CT molecular complexity index is 1420. The molecule has 2 aliphatic heterocycles. The zero-order valence-corrected chi connectivity index (χ0v) is 22.7. The topological polar surface area (TPSA) is 124 Å². The number of aliphatic hydroxyl groups excluding tert-OH is 1. The Hall–Kier alpha value is -3.73. The van der Waals surface area contributed by atoms with Crippen LogP contribution in [0.25, 0.3) is 22.3 Å². The van der Waals surface area contributed by atoms with Crippen LogP contribution in [0.1, 0.15) is 43.9 Å². The molecule has 0 spiro atoms. The number of anilines is 2. The number of aliphatic hydroxyl groups is 1. The maximum absolute atomic E-state index is 9.60. The number of fused-ring (bicyclic) bond motifs is 1. The summed E-state index contributed by atoms with van der Waals surface area (Å²) < 4.78 is 14.4. The van der Waals surface area contributed by atoms with Gasteiger partial charge in [0.2, 0.25) is 5.95 Å². The van der Waals surface area contributed by atoms with Gasteiger partial charge < -0.3 is 30.5 Å². The van der Waals surface area contributed by atoms with Gasteiger partial charge in [0.15, 0.2) is 17.0 Å². The molecule has 6 rings (SSSR count). The van der Waals surface area contributed by atoms with Gasteiger partial charge in [0.05, 0.1) is 19.3 Å². The average molecular weight is 544 g/mol. The summed E-state index contributed by atoms with van der Waals surface area (Å²) in [7, 11) is 0. The van der Waals surface area contributed by atoms with E-state index in [0.717, 1.165) is 48.2 Å². The second-order valence-corrected chi connectivity index (χ2v) is 10.5. The Balaban J connectivity index is 1.22. The lowest BCUT2D eigenvalue weighted by Gasteiger charge is -2.18. The molecule has 10 nitrogen and oxygen atoms in total. The van der Waals surface area contributed by atoms with Crippen LogP contribution in [-0.2, 0) is 11.3 Å². The highest BCUT2D eigenvalue weighted by atomic mass is 16.5. The van der Waals surface area contributed by atoms with Crippen LogP contribution >= 0.6 is 0 Å². The predicted octanol–water partition coefficient (Wildman–Crippen LogP) is 4.22. The van der Waals surface area contributed by atoms with E-state index in [4.69, 9.17) is 20.2 Å². The van der Waals surface area contributed by atoms with Crippen LogP contribution in [0.2, 0.25) is 0 Å². The third kappa shape index (κ3) is 5.74. The number of hydrogen-bond donors (Lipinski definition) is 3. The van der Waals surface area contributed by atoms with Crippen molar-refractivity contribution in [2.75, 3.05) is 43.9 Å². The number of ether oxygens (including phenoxy) is 2. The van der Waals surface area contributed by atoms with Gasteiger partial charge in [0.1, 0.15) is 18.3 Å².